The van der Waals surface area contributed by atoms with E-state index in [-0.39, 0.29) is 5.91 Å². The lowest BCUT2D eigenvalue weighted by Gasteiger charge is -2.26. The molecule has 2 aliphatic rings. The predicted molar refractivity (Wildman–Crippen MR) is 117 cm³/mol. The standard InChI is InChI=1S/C21H32N6OS/c28-19(22-11-9-14-25-12-4-3-5-13-25)18-10-8-17-27(18)21-24-23-20(29-21)26-15-6-1-2-7-16-26/h8,10,17H,1-7,9,11-16H2,(H,22,28). The molecule has 0 radical (unpaired) electrons. The summed E-state index contributed by atoms with van der Waals surface area (Å²) in [5.41, 5.74) is 0.626. The van der Waals surface area contributed by atoms with Gasteiger partial charge in [-0.15, -0.1) is 10.2 Å². The lowest BCUT2D eigenvalue weighted by molar-refractivity contribution is 0.0944. The van der Waals surface area contributed by atoms with E-state index in [0.717, 1.165) is 36.3 Å². The van der Waals surface area contributed by atoms with Crippen LogP contribution >= 0.6 is 11.3 Å². The molecule has 0 atom stereocenters. The molecule has 0 spiro atoms. The van der Waals surface area contributed by atoms with Crippen LogP contribution < -0.4 is 10.2 Å². The number of rotatable bonds is 7. The van der Waals surface area contributed by atoms with Crippen LogP contribution in [0.1, 0.15) is 61.9 Å². The van der Waals surface area contributed by atoms with Crippen LogP contribution in [0.2, 0.25) is 0 Å². The zero-order valence-corrected chi connectivity index (χ0v) is 18.0. The van der Waals surface area contributed by atoms with Crippen molar-refractivity contribution in [2.45, 2.75) is 51.4 Å². The van der Waals surface area contributed by atoms with Crippen LogP contribution in [0.5, 0.6) is 0 Å². The highest BCUT2D eigenvalue weighted by Crippen LogP contribution is 2.26. The third-order valence-corrected chi connectivity index (χ3v) is 6.84. The minimum Gasteiger partial charge on any atom is -0.351 e. The number of nitrogens with zero attached hydrogens (tertiary/aromatic N) is 5. The van der Waals surface area contributed by atoms with Gasteiger partial charge in [-0.3, -0.25) is 9.36 Å². The Hall–Kier alpha value is -1.93. The second-order valence-electron chi connectivity index (χ2n) is 8.04. The summed E-state index contributed by atoms with van der Waals surface area (Å²) < 4.78 is 1.86. The number of nitrogens with one attached hydrogen (secondary N) is 1. The highest BCUT2D eigenvalue weighted by Gasteiger charge is 2.18. The Morgan fingerprint density at radius 1 is 0.966 bits per heavy atom. The molecule has 1 amide bonds. The molecule has 4 rings (SSSR count). The van der Waals surface area contributed by atoms with Crippen LogP contribution in [0.4, 0.5) is 5.13 Å². The molecule has 2 aromatic rings. The molecular formula is C21H32N6OS. The van der Waals surface area contributed by atoms with E-state index >= 15 is 0 Å². The van der Waals surface area contributed by atoms with Gasteiger partial charge in [0.15, 0.2) is 0 Å². The van der Waals surface area contributed by atoms with E-state index in [4.69, 9.17) is 0 Å². The quantitative estimate of drug-likeness (QED) is 0.702. The molecule has 29 heavy (non-hydrogen) atoms. The van der Waals surface area contributed by atoms with Crippen molar-refractivity contribution in [1.29, 1.82) is 0 Å². The number of carbonyl (C=O) groups excluding carboxylic acids is 1. The van der Waals surface area contributed by atoms with Crippen LogP contribution in [0, 0.1) is 0 Å². The second-order valence-corrected chi connectivity index (χ2v) is 8.98. The first-order valence-electron chi connectivity index (χ1n) is 11.1. The van der Waals surface area contributed by atoms with Gasteiger partial charge in [0, 0.05) is 25.8 Å². The first-order chi connectivity index (χ1) is 14.3. The van der Waals surface area contributed by atoms with E-state index in [1.807, 2.05) is 22.9 Å². The minimum absolute atomic E-state index is 0.0415. The van der Waals surface area contributed by atoms with E-state index < -0.39 is 0 Å². The van der Waals surface area contributed by atoms with Crippen molar-refractivity contribution in [2.75, 3.05) is 44.2 Å². The lowest BCUT2D eigenvalue weighted by Crippen LogP contribution is -2.33. The molecule has 2 aliphatic heterocycles. The van der Waals surface area contributed by atoms with Crippen LogP contribution in [-0.4, -0.2) is 64.8 Å². The molecule has 0 aliphatic carbocycles. The Morgan fingerprint density at radius 3 is 2.45 bits per heavy atom. The number of amides is 1. The number of anilines is 1. The van der Waals surface area contributed by atoms with Gasteiger partial charge in [0.2, 0.25) is 10.3 Å². The normalized spacial score (nSPS) is 18.6. The monoisotopic (exact) mass is 416 g/mol. The fourth-order valence-corrected chi connectivity index (χ4v) is 5.10. The number of piperidine rings is 1. The Bertz CT molecular complexity index is 774. The summed E-state index contributed by atoms with van der Waals surface area (Å²) in [6.07, 6.45) is 11.9. The Labute approximate surface area is 177 Å². The van der Waals surface area contributed by atoms with Gasteiger partial charge in [-0.1, -0.05) is 30.6 Å². The maximum absolute atomic E-state index is 12.7. The third kappa shape index (κ3) is 5.36. The van der Waals surface area contributed by atoms with Crippen molar-refractivity contribution in [3.63, 3.8) is 0 Å². The molecule has 0 aromatic carbocycles. The van der Waals surface area contributed by atoms with Crippen LogP contribution in [0.15, 0.2) is 18.3 Å². The lowest BCUT2D eigenvalue weighted by atomic mass is 10.1. The first kappa shape index (κ1) is 20.3. The summed E-state index contributed by atoms with van der Waals surface area (Å²) in [5, 5.41) is 13.6. The molecule has 158 valence electrons. The summed E-state index contributed by atoms with van der Waals surface area (Å²) in [6, 6.07) is 3.75. The molecule has 7 nitrogen and oxygen atoms in total. The minimum atomic E-state index is -0.0415. The predicted octanol–water partition coefficient (Wildman–Crippen LogP) is 3.32. The summed E-state index contributed by atoms with van der Waals surface area (Å²) in [5.74, 6) is -0.0415. The van der Waals surface area contributed by atoms with Gasteiger partial charge < -0.3 is 15.1 Å². The third-order valence-electron chi connectivity index (χ3n) is 5.85. The maximum atomic E-state index is 12.7. The van der Waals surface area contributed by atoms with Gasteiger partial charge in [-0.05, 0) is 63.9 Å². The fraction of sp³-hybridized carbons (Fsp3) is 0.667. The van der Waals surface area contributed by atoms with E-state index in [1.54, 1.807) is 11.3 Å². The van der Waals surface area contributed by atoms with Crippen molar-refractivity contribution in [3.8, 4) is 5.13 Å². The van der Waals surface area contributed by atoms with E-state index in [2.05, 4.69) is 25.3 Å². The molecule has 0 unspecified atom stereocenters. The number of likely N-dealkylation sites (tertiary alicyclic amines) is 1. The largest absolute Gasteiger partial charge is 0.351 e. The fourth-order valence-electron chi connectivity index (χ4n) is 4.21. The average molecular weight is 417 g/mol. The molecule has 2 saturated heterocycles. The molecule has 2 fully saturated rings. The van der Waals surface area contributed by atoms with Gasteiger partial charge in [-0.25, -0.2) is 0 Å². The zero-order chi connectivity index (χ0) is 19.9. The summed E-state index contributed by atoms with van der Waals surface area (Å²) >= 11 is 1.57. The maximum Gasteiger partial charge on any atom is 0.268 e. The van der Waals surface area contributed by atoms with Crippen molar-refractivity contribution in [3.05, 3.63) is 24.0 Å². The number of hydrogen-bond donors (Lipinski definition) is 1. The number of hydrogen-bond acceptors (Lipinski definition) is 6. The molecule has 0 saturated carbocycles. The molecule has 4 heterocycles. The van der Waals surface area contributed by atoms with E-state index in [0.29, 0.717) is 12.2 Å². The Kier molecular flexibility index (Phi) is 7.16. The topological polar surface area (TPSA) is 66.3 Å². The number of carbonyl (C=O) groups is 1. The van der Waals surface area contributed by atoms with E-state index in [1.165, 1.54) is 58.0 Å². The van der Waals surface area contributed by atoms with Gasteiger partial charge in [0.05, 0.1) is 0 Å². The summed E-state index contributed by atoms with van der Waals surface area (Å²) in [6.45, 7) is 6.27. The average Bonchev–Trinajstić information content (AvgIpc) is 3.35. The van der Waals surface area contributed by atoms with Crippen molar-refractivity contribution in [2.24, 2.45) is 0 Å². The molecular weight excluding hydrogens is 384 g/mol. The smallest absolute Gasteiger partial charge is 0.268 e. The SMILES string of the molecule is O=C(NCCCN1CCCCC1)c1cccn1-c1nnc(N2CCCCCC2)s1. The molecule has 8 heteroatoms. The molecule has 0 bridgehead atoms. The van der Waals surface area contributed by atoms with Crippen molar-refractivity contribution >= 4 is 22.4 Å². The molecule has 2 aromatic heterocycles. The van der Waals surface area contributed by atoms with Gasteiger partial charge >= 0.3 is 0 Å². The Balaban J connectivity index is 1.32. The molecule has 1 N–H and O–H groups in total. The van der Waals surface area contributed by atoms with Crippen molar-refractivity contribution in [1.82, 2.24) is 25.0 Å². The second kappa shape index (κ2) is 10.2. The summed E-state index contributed by atoms with van der Waals surface area (Å²) in [7, 11) is 0. The van der Waals surface area contributed by atoms with Gasteiger partial charge in [0.25, 0.3) is 5.91 Å². The van der Waals surface area contributed by atoms with Crippen LogP contribution in [-0.2, 0) is 0 Å². The van der Waals surface area contributed by atoms with Crippen molar-refractivity contribution < 1.29 is 4.79 Å². The summed E-state index contributed by atoms with van der Waals surface area (Å²) in [4.78, 5) is 17.5. The van der Waals surface area contributed by atoms with Crippen LogP contribution in [0.25, 0.3) is 5.13 Å². The first-order valence-corrected chi connectivity index (χ1v) is 11.9. The number of aromatic nitrogens is 3. The van der Waals surface area contributed by atoms with Gasteiger partial charge in [-0.2, -0.15) is 0 Å². The van der Waals surface area contributed by atoms with Gasteiger partial charge in [0.1, 0.15) is 5.69 Å². The Morgan fingerprint density at radius 2 is 1.66 bits per heavy atom. The highest BCUT2D eigenvalue weighted by atomic mass is 32.1. The zero-order valence-electron chi connectivity index (χ0n) is 17.2. The highest BCUT2D eigenvalue weighted by molar-refractivity contribution is 7.17. The van der Waals surface area contributed by atoms with E-state index in [9.17, 15) is 4.79 Å². The van der Waals surface area contributed by atoms with Crippen LogP contribution in [0.3, 0.4) is 0 Å².